The summed E-state index contributed by atoms with van der Waals surface area (Å²) in [5.74, 6) is -1.20. The van der Waals surface area contributed by atoms with Crippen molar-refractivity contribution in [1.29, 1.82) is 0 Å². The van der Waals surface area contributed by atoms with Crippen LogP contribution in [-0.2, 0) is 9.53 Å². The van der Waals surface area contributed by atoms with Gasteiger partial charge < -0.3 is 20.5 Å². The molecule has 0 aliphatic rings. The fraction of sp³-hybridized carbons (Fsp3) is 0.278. The fourth-order valence-electron chi connectivity index (χ4n) is 2.09. The number of amides is 3. The Hall–Kier alpha value is -2.78. The van der Waals surface area contributed by atoms with Gasteiger partial charge in [-0.05, 0) is 57.2 Å². The molecule has 0 saturated heterocycles. The molecule has 4 N–H and O–H groups in total. The molecular formula is C18H20ClN3O5S. The van der Waals surface area contributed by atoms with Crippen LogP contribution in [0.15, 0.2) is 36.4 Å². The molecule has 8 nitrogen and oxygen atoms in total. The molecule has 1 aromatic carbocycles. The Kier molecular flexibility index (Phi) is 6.87. The minimum Gasteiger partial charge on any atom is -0.479 e. The molecule has 1 unspecified atom stereocenters. The van der Waals surface area contributed by atoms with Gasteiger partial charge in [-0.15, -0.1) is 11.3 Å². The zero-order valence-electron chi connectivity index (χ0n) is 15.4. The van der Waals surface area contributed by atoms with E-state index >= 15 is 0 Å². The number of anilines is 2. The third kappa shape index (κ3) is 6.75. The van der Waals surface area contributed by atoms with Crippen molar-refractivity contribution in [3.05, 3.63) is 45.6 Å². The van der Waals surface area contributed by atoms with Crippen LogP contribution in [0.2, 0.25) is 4.34 Å². The predicted molar refractivity (Wildman–Crippen MR) is 108 cm³/mol. The van der Waals surface area contributed by atoms with E-state index in [0.717, 1.165) is 11.3 Å². The number of carbonyl (C=O) groups excluding carboxylic acids is 2. The van der Waals surface area contributed by atoms with Gasteiger partial charge in [0.15, 0.2) is 6.04 Å². The van der Waals surface area contributed by atoms with E-state index in [2.05, 4.69) is 16.0 Å². The number of benzene rings is 1. The number of urea groups is 1. The maximum Gasteiger partial charge on any atom is 0.412 e. The van der Waals surface area contributed by atoms with Gasteiger partial charge in [0.2, 0.25) is 0 Å². The zero-order valence-corrected chi connectivity index (χ0v) is 17.0. The van der Waals surface area contributed by atoms with Crippen molar-refractivity contribution in [2.45, 2.75) is 32.4 Å². The van der Waals surface area contributed by atoms with Crippen molar-refractivity contribution in [3.8, 4) is 0 Å². The van der Waals surface area contributed by atoms with E-state index in [1.54, 1.807) is 57.2 Å². The number of aliphatic carboxylic acids is 1. The van der Waals surface area contributed by atoms with E-state index in [-0.39, 0.29) is 0 Å². The van der Waals surface area contributed by atoms with Crippen molar-refractivity contribution in [2.24, 2.45) is 0 Å². The summed E-state index contributed by atoms with van der Waals surface area (Å²) in [5.41, 5.74) is 0.286. The minimum atomic E-state index is -1.22. The van der Waals surface area contributed by atoms with E-state index in [9.17, 15) is 19.5 Å². The molecule has 0 bridgehead atoms. The molecule has 0 spiro atoms. The maximum atomic E-state index is 12.1. The van der Waals surface area contributed by atoms with Gasteiger partial charge in [-0.25, -0.2) is 14.4 Å². The quantitative estimate of drug-likeness (QED) is 0.554. The second-order valence-corrected chi connectivity index (χ2v) is 8.46. The lowest BCUT2D eigenvalue weighted by Gasteiger charge is -2.19. The Morgan fingerprint density at radius 2 is 1.61 bits per heavy atom. The van der Waals surface area contributed by atoms with Gasteiger partial charge in [-0.1, -0.05) is 11.6 Å². The lowest BCUT2D eigenvalue weighted by Crippen LogP contribution is -2.36. The zero-order chi connectivity index (χ0) is 20.9. The Labute approximate surface area is 170 Å². The number of hydrogen-bond acceptors (Lipinski definition) is 5. The van der Waals surface area contributed by atoms with Crippen LogP contribution in [0.3, 0.4) is 0 Å². The van der Waals surface area contributed by atoms with Crippen LogP contribution in [0.25, 0.3) is 0 Å². The molecule has 0 aliphatic heterocycles. The molecule has 3 amide bonds. The highest BCUT2D eigenvalue weighted by atomic mass is 35.5. The average molecular weight is 426 g/mol. The number of carbonyl (C=O) groups is 3. The summed E-state index contributed by atoms with van der Waals surface area (Å²) in [7, 11) is 0. The van der Waals surface area contributed by atoms with Crippen LogP contribution >= 0.6 is 22.9 Å². The molecule has 1 heterocycles. The Bertz CT molecular complexity index is 861. The van der Waals surface area contributed by atoms with E-state index in [1.807, 2.05) is 0 Å². The van der Waals surface area contributed by atoms with Crippen LogP contribution in [0.1, 0.15) is 31.7 Å². The molecule has 28 heavy (non-hydrogen) atoms. The van der Waals surface area contributed by atoms with Crippen molar-refractivity contribution < 1.29 is 24.2 Å². The molecule has 1 atom stereocenters. The molecule has 2 rings (SSSR count). The number of hydrogen-bond donors (Lipinski definition) is 4. The van der Waals surface area contributed by atoms with Gasteiger partial charge in [0.05, 0.1) is 4.34 Å². The number of carboxylic acid groups (broad SMARTS) is 1. The van der Waals surface area contributed by atoms with Gasteiger partial charge in [0.25, 0.3) is 0 Å². The summed E-state index contributed by atoms with van der Waals surface area (Å²) in [6.07, 6.45) is -0.593. The first-order valence-electron chi connectivity index (χ1n) is 8.19. The van der Waals surface area contributed by atoms with Crippen LogP contribution in [0.4, 0.5) is 21.0 Å². The highest BCUT2D eigenvalue weighted by molar-refractivity contribution is 7.16. The summed E-state index contributed by atoms with van der Waals surface area (Å²) in [5, 5.41) is 16.8. The summed E-state index contributed by atoms with van der Waals surface area (Å²) in [4.78, 5) is 35.7. The summed E-state index contributed by atoms with van der Waals surface area (Å²) < 4.78 is 5.58. The maximum absolute atomic E-state index is 12.1. The Morgan fingerprint density at radius 3 is 2.07 bits per heavy atom. The first-order chi connectivity index (χ1) is 13.0. The van der Waals surface area contributed by atoms with Gasteiger partial charge in [-0.2, -0.15) is 0 Å². The molecule has 0 saturated carbocycles. The molecule has 0 radical (unpaired) electrons. The average Bonchev–Trinajstić information content (AvgIpc) is 2.98. The largest absolute Gasteiger partial charge is 0.479 e. The van der Waals surface area contributed by atoms with E-state index < -0.39 is 29.7 Å². The molecule has 10 heteroatoms. The smallest absolute Gasteiger partial charge is 0.412 e. The van der Waals surface area contributed by atoms with Gasteiger partial charge in [0.1, 0.15) is 5.60 Å². The summed E-state index contributed by atoms with van der Waals surface area (Å²) in [6.45, 7) is 5.27. The number of thiophene rings is 1. The lowest BCUT2D eigenvalue weighted by molar-refractivity contribution is -0.139. The molecule has 150 valence electrons. The third-order valence-corrected chi connectivity index (χ3v) is 4.48. The van der Waals surface area contributed by atoms with E-state index in [4.69, 9.17) is 16.3 Å². The SMILES string of the molecule is CC(C)(C)OC(=O)Nc1ccc(NC(=O)NC(C(=O)O)c2ccc(Cl)s2)cc1. The first kappa shape index (κ1) is 21.5. The minimum absolute atomic E-state index is 0.407. The highest BCUT2D eigenvalue weighted by Crippen LogP contribution is 2.27. The Morgan fingerprint density at radius 1 is 1.04 bits per heavy atom. The van der Waals surface area contributed by atoms with Gasteiger partial charge in [0, 0.05) is 16.3 Å². The van der Waals surface area contributed by atoms with Crippen LogP contribution in [-0.4, -0.2) is 28.8 Å². The van der Waals surface area contributed by atoms with Crippen LogP contribution < -0.4 is 16.0 Å². The first-order valence-corrected chi connectivity index (χ1v) is 9.38. The standard InChI is InChI=1S/C18H20ClN3O5S/c1-18(2,3)27-17(26)21-11-6-4-10(5-7-11)20-16(25)22-14(15(23)24)12-8-9-13(19)28-12/h4-9,14H,1-3H3,(H,21,26)(H,23,24)(H2,20,22,25). The number of nitrogens with one attached hydrogen (secondary N) is 3. The lowest BCUT2D eigenvalue weighted by atomic mass is 10.2. The molecule has 1 aromatic heterocycles. The molecule has 0 fully saturated rings. The number of ether oxygens (including phenoxy) is 1. The van der Waals surface area contributed by atoms with E-state index in [0.29, 0.717) is 20.6 Å². The van der Waals surface area contributed by atoms with Crippen molar-refractivity contribution >= 4 is 52.4 Å². The second-order valence-electron chi connectivity index (χ2n) is 6.72. The van der Waals surface area contributed by atoms with Crippen molar-refractivity contribution in [3.63, 3.8) is 0 Å². The van der Waals surface area contributed by atoms with Crippen LogP contribution in [0.5, 0.6) is 0 Å². The number of rotatable bonds is 5. The van der Waals surface area contributed by atoms with Crippen LogP contribution in [0, 0.1) is 0 Å². The number of carboxylic acids is 1. The number of halogens is 1. The van der Waals surface area contributed by atoms with Gasteiger partial charge in [-0.3, -0.25) is 5.32 Å². The summed E-state index contributed by atoms with van der Waals surface area (Å²) >= 11 is 6.89. The molecular weight excluding hydrogens is 406 g/mol. The predicted octanol–water partition coefficient (Wildman–Crippen LogP) is 4.70. The Balaban J connectivity index is 1.94. The highest BCUT2D eigenvalue weighted by Gasteiger charge is 2.24. The molecule has 0 aliphatic carbocycles. The second kappa shape index (κ2) is 8.94. The van der Waals surface area contributed by atoms with Crippen molar-refractivity contribution in [1.82, 2.24) is 5.32 Å². The van der Waals surface area contributed by atoms with Crippen molar-refractivity contribution in [2.75, 3.05) is 10.6 Å². The van der Waals surface area contributed by atoms with Gasteiger partial charge >= 0.3 is 18.1 Å². The monoisotopic (exact) mass is 425 g/mol. The summed E-state index contributed by atoms with van der Waals surface area (Å²) in [6, 6.07) is 7.47. The topological polar surface area (TPSA) is 117 Å². The third-order valence-electron chi connectivity index (χ3n) is 3.19. The normalized spacial score (nSPS) is 12.0. The molecule has 2 aromatic rings. The van der Waals surface area contributed by atoms with E-state index in [1.165, 1.54) is 0 Å². The fourth-order valence-corrected chi connectivity index (χ4v) is 3.20.